The first-order valence-corrected chi connectivity index (χ1v) is 6.62. The Bertz CT molecular complexity index is 339. The molecule has 0 saturated heterocycles. The maximum absolute atomic E-state index is 5.70. The van der Waals surface area contributed by atoms with Gasteiger partial charge in [0.05, 0.1) is 6.10 Å². The Morgan fingerprint density at radius 3 is 2.67 bits per heavy atom. The highest BCUT2D eigenvalue weighted by Gasteiger charge is 2.06. The van der Waals surface area contributed by atoms with Crippen molar-refractivity contribution < 1.29 is 9.47 Å². The maximum atomic E-state index is 5.70. The first-order chi connectivity index (χ1) is 8.63. The van der Waals surface area contributed by atoms with Crippen molar-refractivity contribution in [2.24, 2.45) is 0 Å². The fraction of sp³-hybridized carbons (Fsp3) is 0.600. The van der Waals surface area contributed by atoms with Crippen LogP contribution >= 0.6 is 0 Å². The highest BCUT2D eigenvalue weighted by atomic mass is 16.5. The Morgan fingerprint density at radius 1 is 1.22 bits per heavy atom. The third kappa shape index (κ3) is 5.52. The molecule has 1 aromatic rings. The van der Waals surface area contributed by atoms with Crippen molar-refractivity contribution in [2.45, 2.75) is 39.3 Å². The van der Waals surface area contributed by atoms with E-state index in [1.54, 1.807) is 7.11 Å². The lowest BCUT2D eigenvalue weighted by atomic mass is 10.1. The Hall–Kier alpha value is -1.06. The number of benzene rings is 1. The summed E-state index contributed by atoms with van der Waals surface area (Å²) < 4.78 is 10.7. The van der Waals surface area contributed by atoms with Gasteiger partial charge in [0.1, 0.15) is 5.75 Å². The first-order valence-electron chi connectivity index (χ1n) is 6.62. The van der Waals surface area contributed by atoms with Crippen LogP contribution in [0.15, 0.2) is 24.3 Å². The van der Waals surface area contributed by atoms with Crippen molar-refractivity contribution in [3.05, 3.63) is 29.8 Å². The van der Waals surface area contributed by atoms with Gasteiger partial charge in [0.25, 0.3) is 0 Å². The van der Waals surface area contributed by atoms with Crippen LogP contribution in [0.2, 0.25) is 0 Å². The van der Waals surface area contributed by atoms with Crippen LogP contribution in [0.4, 0.5) is 0 Å². The minimum Gasteiger partial charge on any atom is -0.491 e. The summed E-state index contributed by atoms with van der Waals surface area (Å²) in [6.45, 7) is 8.01. The van der Waals surface area contributed by atoms with Crippen LogP contribution < -0.4 is 10.1 Å². The zero-order valence-corrected chi connectivity index (χ0v) is 11.9. The molecule has 102 valence electrons. The van der Waals surface area contributed by atoms with Crippen molar-refractivity contribution in [1.29, 1.82) is 0 Å². The average molecular weight is 251 g/mol. The molecule has 3 heteroatoms. The highest BCUT2D eigenvalue weighted by molar-refractivity contribution is 5.30. The molecule has 3 nitrogen and oxygen atoms in total. The van der Waals surface area contributed by atoms with E-state index in [4.69, 9.17) is 9.47 Å². The summed E-state index contributed by atoms with van der Waals surface area (Å²) in [5, 5.41) is 3.48. The monoisotopic (exact) mass is 251 g/mol. The molecule has 1 N–H and O–H groups in total. The summed E-state index contributed by atoms with van der Waals surface area (Å²) in [5.41, 5.74) is 1.26. The third-order valence-corrected chi connectivity index (χ3v) is 2.71. The minimum absolute atomic E-state index is 0.213. The molecule has 0 aliphatic rings. The summed E-state index contributed by atoms with van der Waals surface area (Å²) in [4.78, 5) is 0. The lowest BCUT2D eigenvalue weighted by Gasteiger charge is -2.16. The van der Waals surface area contributed by atoms with E-state index in [1.807, 2.05) is 26.0 Å². The number of hydrogen-bond acceptors (Lipinski definition) is 3. The Balaban J connectivity index is 2.48. The molecular weight excluding hydrogens is 226 g/mol. The second-order valence-corrected chi connectivity index (χ2v) is 4.76. The molecule has 0 aromatic heterocycles. The van der Waals surface area contributed by atoms with Crippen LogP contribution in [-0.4, -0.2) is 26.4 Å². The SMILES string of the molecule is COCCCN[C@@H](C)c1cccc(OC(C)C)c1. The smallest absolute Gasteiger partial charge is 0.120 e. The van der Waals surface area contributed by atoms with E-state index in [9.17, 15) is 0 Å². The number of nitrogens with one attached hydrogen (secondary N) is 1. The molecule has 0 radical (unpaired) electrons. The number of ether oxygens (including phenoxy) is 2. The Labute approximate surface area is 110 Å². The average Bonchev–Trinajstić information content (AvgIpc) is 2.34. The van der Waals surface area contributed by atoms with Crippen LogP contribution in [0.5, 0.6) is 5.75 Å². The Kier molecular flexibility index (Phi) is 6.76. The highest BCUT2D eigenvalue weighted by Crippen LogP contribution is 2.19. The van der Waals surface area contributed by atoms with E-state index < -0.39 is 0 Å². The Morgan fingerprint density at radius 2 is 2.00 bits per heavy atom. The summed E-state index contributed by atoms with van der Waals surface area (Å²) in [7, 11) is 1.73. The predicted molar refractivity (Wildman–Crippen MR) is 75.1 cm³/mol. The molecule has 0 amide bonds. The minimum atomic E-state index is 0.213. The molecule has 1 aromatic carbocycles. The molecule has 1 atom stereocenters. The lowest BCUT2D eigenvalue weighted by molar-refractivity contribution is 0.193. The van der Waals surface area contributed by atoms with Crippen molar-refractivity contribution in [3.8, 4) is 5.75 Å². The summed E-state index contributed by atoms with van der Waals surface area (Å²) in [6, 6.07) is 8.61. The van der Waals surface area contributed by atoms with Gasteiger partial charge in [-0.25, -0.2) is 0 Å². The molecule has 0 aliphatic heterocycles. The number of hydrogen-bond donors (Lipinski definition) is 1. The second-order valence-electron chi connectivity index (χ2n) is 4.76. The van der Waals surface area contributed by atoms with Crippen LogP contribution in [-0.2, 0) is 4.74 Å². The van der Waals surface area contributed by atoms with Crippen LogP contribution in [0.1, 0.15) is 38.8 Å². The fourth-order valence-corrected chi connectivity index (χ4v) is 1.78. The largest absolute Gasteiger partial charge is 0.491 e. The molecule has 0 heterocycles. The van der Waals surface area contributed by atoms with Gasteiger partial charge in [-0.15, -0.1) is 0 Å². The normalized spacial score (nSPS) is 12.7. The summed E-state index contributed by atoms with van der Waals surface area (Å²) in [5.74, 6) is 0.938. The second kappa shape index (κ2) is 8.11. The molecule has 0 saturated carbocycles. The molecule has 0 aliphatic carbocycles. The summed E-state index contributed by atoms with van der Waals surface area (Å²) >= 11 is 0. The van der Waals surface area contributed by atoms with Gasteiger partial charge < -0.3 is 14.8 Å². The third-order valence-electron chi connectivity index (χ3n) is 2.71. The van der Waals surface area contributed by atoms with Gasteiger partial charge in [-0.2, -0.15) is 0 Å². The number of rotatable bonds is 8. The number of methoxy groups -OCH3 is 1. The topological polar surface area (TPSA) is 30.5 Å². The zero-order chi connectivity index (χ0) is 13.4. The molecule has 0 spiro atoms. The van der Waals surface area contributed by atoms with E-state index in [0.717, 1.165) is 25.3 Å². The van der Waals surface area contributed by atoms with E-state index in [0.29, 0.717) is 6.04 Å². The molecule has 18 heavy (non-hydrogen) atoms. The first kappa shape index (κ1) is 15.0. The van der Waals surface area contributed by atoms with Gasteiger partial charge in [0.15, 0.2) is 0 Å². The van der Waals surface area contributed by atoms with Crippen LogP contribution in [0.3, 0.4) is 0 Å². The van der Waals surface area contributed by atoms with E-state index in [1.165, 1.54) is 5.56 Å². The van der Waals surface area contributed by atoms with Gasteiger partial charge >= 0.3 is 0 Å². The van der Waals surface area contributed by atoms with E-state index in [-0.39, 0.29) is 6.10 Å². The van der Waals surface area contributed by atoms with Gasteiger partial charge in [-0.1, -0.05) is 12.1 Å². The van der Waals surface area contributed by atoms with Gasteiger partial charge in [0.2, 0.25) is 0 Å². The van der Waals surface area contributed by atoms with Gasteiger partial charge in [-0.05, 0) is 51.4 Å². The van der Waals surface area contributed by atoms with Crippen molar-refractivity contribution >= 4 is 0 Å². The van der Waals surface area contributed by atoms with Crippen molar-refractivity contribution in [1.82, 2.24) is 5.32 Å². The molecule has 0 fully saturated rings. The fourth-order valence-electron chi connectivity index (χ4n) is 1.78. The molecule has 0 unspecified atom stereocenters. The van der Waals surface area contributed by atoms with Gasteiger partial charge in [0, 0.05) is 19.8 Å². The standard InChI is InChI=1S/C15H25NO2/c1-12(2)18-15-8-5-7-14(11-15)13(3)16-9-6-10-17-4/h5,7-8,11-13,16H,6,9-10H2,1-4H3/t13-/m0/s1. The quantitative estimate of drug-likeness (QED) is 0.720. The van der Waals surface area contributed by atoms with Crippen molar-refractivity contribution in [3.63, 3.8) is 0 Å². The summed E-state index contributed by atoms with van der Waals surface area (Å²) in [6.07, 6.45) is 1.24. The van der Waals surface area contributed by atoms with Crippen LogP contribution in [0.25, 0.3) is 0 Å². The van der Waals surface area contributed by atoms with E-state index in [2.05, 4.69) is 24.4 Å². The lowest BCUT2D eigenvalue weighted by Crippen LogP contribution is -2.20. The van der Waals surface area contributed by atoms with E-state index >= 15 is 0 Å². The zero-order valence-electron chi connectivity index (χ0n) is 11.9. The molecular formula is C15H25NO2. The predicted octanol–water partition coefficient (Wildman–Crippen LogP) is 3.16. The van der Waals surface area contributed by atoms with Crippen LogP contribution in [0, 0.1) is 0 Å². The van der Waals surface area contributed by atoms with Crippen molar-refractivity contribution in [2.75, 3.05) is 20.3 Å². The van der Waals surface area contributed by atoms with Gasteiger partial charge in [-0.3, -0.25) is 0 Å². The molecule has 1 rings (SSSR count). The maximum Gasteiger partial charge on any atom is 0.120 e. The molecule has 0 bridgehead atoms.